The maximum absolute atomic E-state index is 11.9. The second-order valence-electron chi connectivity index (χ2n) is 3.86. The summed E-state index contributed by atoms with van der Waals surface area (Å²) < 4.78 is 1.20. The molecule has 0 aliphatic heterocycles. The van der Waals surface area contributed by atoms with Crippen LogP contribution in [-0.2, 0) is 0 Å². The molecule has 7 nitrogen and oxygen atoms in total. The Morgan fingerprint density at radius 3 is 2.68 bits per heavy atom. The Morgan fingerprint density at radius 2 is 2.05 bits per heavy atom. The van der Waals surface area contributed by atoms with Crippen molar-refractivity contribution in [2.24, 2.45) is 0 Å². The van der Waals surface area contributed by atoms with Gasteiger partial charge in [-0.1, -0.05) is 18.2 Å². The number of hydrogen-bond acceptors (Lipinski definition) is 4. The molecule has 0 aliphatic rings. The van der Waals surface area contributed by atoms with Crippen molar-refractivity contribution in [2.75, 3.05) is 18.9 Å². The fourth-order valence-corrected chi connectivity index (χ4v) is 1.64. The highest BCUT2D eigenvalue weighted by molar-refractivity contribution is 5.97. The Hall–Kier alpha value is -2.54. The standard InChI is InChI=1S/C12H14N4O3/c13-9-10(11(18)14-6-7-17)15-16(12(9)19)8-4-2-1-3-5-8/h1-5,15,17H,6-7,13H2,(H,14,18). The van der Waals surface area contributed by atoms with E-state index >= 15 is 0 Å². The van der Waals surface area contributed by atoms with Crippen LogP contribution >= 0.6 is 0 Å². The Morgan fingerprint density at radius 1 is 1.37 bits per heavy atom. The zero-order valence-corrected chi connectivity index (χ0v) is 10.1. The van der Waals surface area contributed by atoms with E-state index in [0.717, 1.165) is 0 Å². The minimum atomic E-state index is -0.529. The first-order chi connectivity index (χ1) is 9.15. The Balaban J connectivity index is 2.39. The number of aromatic nitrogens is 2. The summed E-state index contributed by atoms with van der Waals surface area (Å²) in [5, 5.41) is 13.7. The van der Waals surface area contributed by atoms with Crippen molar-refractivity contribution in [3.05, 3.63) is 46.4 Å². The maximum atomic E-state index is 11.9. The number of amides is 1. The second-order valence-corrected chi connectivity index (χ2v) is 3.86. The monoisotopic (exact) mass is 262 g/mol. The first kappa shape index (κ1) is 12.9. The van der Waals surface area contributed by atoms with Gasteiger partial charge in [0.1, 0.15) is 11.4 Å². The van der Waals surface area contributed by atoms with Crippen molar-refractivity contribution in [3.8, 4) is 5.69 Å². The van der Waals surface area contributed by atoms with Crippen molar-refractivity contribution in [1.82, 2.24) is 15.1 Å². The SMILES string of the molecule is Nc1c(C(=O)NCCO)[nH]n(-c2ccccc2)c1=O. The smallest absolute Gasteiger partial charge is 0.295 e. The number of nitrogens with zero attached hydrogens (tertiary/aromatic N) is 1. The van der Waals surface area contributed by atoms with Crippen LogP contribution < -0.4 is 16.6 Å². The fourth-order valence-electron chi connectivity index (χ4n) is 1.64. The van der Waals surface area contributed by atoms with Gasteiger partial charge in [0.25, 0.3) is 11.5 Å². The third kappa shape index (κ3) is 2.50. The second kappa shape index (κ2) is 5.40. The normalized spacial score (nSPS) is 10.4. The number of aliphatic hydroxyl groups is 1. The molecule has 0 spiro atoms. The predicted octanol–water partition coefficient (Wildman–Crippen LogP) is -0.530. The summed E-state index contributed by atoms with van der Waals surface area (Å²) in [4.78, 5) is 23.7. The zero-order valence-electron chi connectivity index (χ0n) is 10.1. The number of nitrogen functional groups attached to an aromatic ring is 1. The van der Waals surface area contributed by atoms with Crippen LogP contribution in [0.15, 0.2) is 35.1 Å². The number of benzene rings is 1. The Labute approximate surface area is 108 Å². The van der Waals surface area contributed by atoms with Gasteiger partial charge in [-0.05, 0) is 12.1 Å². The highest BCUT2D eigenvalue weighted by Crippen LogP contribution is 2.08. The molecule has 7 heteroatoms. The number of rotatable bonds is 4. The summed E-state index contributed by atoms with van der Waals surface area (Å²) >= 11 is 0. The van der Waals surface area contributed by atoms with Crippen LogP contribution in [0.25, 0.3) is 5.69 Å². The van der Waals surface area contributed by atoms with E-state index in [1.165, 1.54) is 4.68 Å². The van der Waals surface area contributed by atoms with Crippen molar-refractivity contribution >= 4 is 11.6 Å². The van der Waals surface area contributed by atoms with Gasteiger partial charge in [0.05, 0.1) is 12.3 Å². The molecule has 1 amide bonds. The van der Waals surface area contributed by atoms with Gasteiger partial charge < -0.3 is 16.2 Å². The summed E-state index contributed by atoms with van der Waals surface area (Å²) in [5.74, 6) is -0.529. The molecule has 0 unspecified atom stereocenters. The van der Waals surface area contributed by atoms with E-state index in [0.29, 0.717) is 5.69 Å². The first-order valence-electron chi connectivity index (χ1n) is 5.70. The van der Waals surface area contributed by atoms with Crippen molar-refractivity contribution in [1.29, 1.82) is 0 Å². The van der Waals surface area contributed by atoms with Crippen LogP contribution in [-0.4, -0.2) is 33.9 Å². The lowest BCUT2D eigenvalue weighted by atomic mass is 10.3. The Kier molecular flexibility index (Phi) is 3.67. The van der Waals surface area contributed by atoms with Crippen LogP contribution in [0.4, 0.5) is 5.69 Å². The lowest BCUT2D eigenvalue weighted by Crippen LogP contribution is -2.27. The third-order valence-electron chi connectivity index (χ3n) is 2.57. The topological polar surface area (TPSA) is 113 Å². The van der Waals surface area contributed by atoms with Gasteiger partial charge in [0, 0.05) is 6.54 Å². The molecule has 0 saturated carbocycles. The number of aromatic amines is 1. The van der Waals surface area contributed by atoms with Crippen LogP contribution in [0.2, 0.25) is 0 Å². The number of nitrogens with one attached hydrogen (secondary N) is 2. The van der Waals surface area contributed by atoms with E-state index in [-0.39, 0.29) is 24.5 Å². The van der Waals surface area contributed by atoms with Gasteiger partial charge in [-0.15, -0.1) is 0 Å². The average Bonchev–Trinajstić information content (AvgIpc) is 2.74. The molecular formula is C12H14N4O3. The third-order valence-corrected chi connectivity index (χ3v) is 2.57. The van der Waals surface area contributed by atoms with Gasteiger partial charge in [0.2, 0.25) is 0 Å². The van der Waals surface area contributed by atoms with Crippen LogP contribution in [0.1, 0.15) is 10.5 Å². The van der Waals surface area contributed by atoms with Crippen LogP contribution in [0.3, 0.4) is 0 Å². The van der Waals surface area contributed by atoms with Gasteiger partial charge in [-0.25, -0.2) is 4.68 Å². The lowest BCUT2D eigenvalue weighted by Gasteiger charge is -2.02. The van der Waals surface area contributed by atoms with Crippen LogP contribution in [0, 0.1) is 0 Å². The molecular weight excluding hydrogens is 248 g/mol. The van der Waals surface area contributed by atoms with Crippen molar-refractivity contribution in [2.45, 2.75) is 0 Å². The maximum Gasteiger partial charge on any atom is 0.295 e. The quantitative estimate of drug-likeness (QED) is 0.593. The summed E-state index contributed by atoms with van der Waals surface area (Å²) in [6.07, 6.45) is 0. The summed E-state index contributed by atoms with van der Waals surface area (Å²) in [6.45, 7) is -0.0912. The highest BCUT2D eigenvalue weighted by Gasteiger charge is 2.17. The molecule has 0 bridgehead atoms. The average molecular weight is 262 g/mol. The Bertz CT molecular complexity index is 630. The molecule has 2 aromatic rings. The molecule has 1 aromatic heterocycles. The minimum absolute atomic E-state index is 0.0118. The number of anilines is 1. The molecule has 100 valence electrons. The van der Waals surface area contributed by atoms with Gasteiger partial charge in [-0.3, -0.25) is 14.7 Å². The largest absolute Gasteiger partial charge is 0.395 e. The lowest BCUT2D eigenvalue weighted by molar-refractivity contribution is 0.0940. The molecule has 0 aliphatic carbocycles. The zero-order chi connectivity index (χ0) is 13.8. The number of carbonyl (C=O) groups excluding carboxylic acids is 1. The van der Waals surface area contributed by atoms with Gasteiger partial charge in [-0.2, -0.15) is 0 Å². The molecule has 0 fully saturated rings. The van der Waals surface area contributed by atoms with E-state index in [1.54, 1.807) is 24.3 Å². The summed E-state index contributed by atoms with van der Waals surface area (Å²) in [6, 6.07) is 8.78. The predicted molar refractivity (Wildman–Crippen MR) is 70.2 cm³/mol. The number of aliphatic hydroxyl groups excluding tert-OH is 1. The van der Waals surface area contributed by atoms with E-state index < -0.39 is 11.5 Å². The molecule has 19 heavy (non-hydrogen) atoms. The minimum Gasteiger partial charge on any atom is -0.395 e. The summed E-state index contributed by atoms with van der Waals surface area (Å²) in [7, 11) is 0. The number of hydrogen-bond donors (Lipinski definition) is 4. The number of H-pyrrole nitrogens is 1. The molecule has 2 rings (SSSR count). The van der Waals surface area contributed by atoms with E-state index in [1.807, 2.05) is 6.07 Å². The van der Waals surface area contributed by atoms with Crippen molar-refractivity contribution < 1.29 is 9.90 Å². The molecule has 1 heterocycles. The van der Waals surface area contributed by atoms with Gasteiger partial charge in [0.15, 0.2) is 0 Å². The van der Waals surface area contributed by atoms with E-state index in [9.17, 15) is 9.59 Å². The fraction of sp³-hybridized carbons (Fsp3) is 0.167. The molecule has 0 atom stereocenters. The van der Waals surface area contributed by atoms with Crippen molar-refractivity contribution in [3.63, 3.8) is 0 Å². The van der Waals surface area contributed by atoms with Crippen LogP contribution in [0.5, 0.6) is 0 Å². The number of para-hydroxylation sites is 1. The summed E-state index contributed by atoms with van der Waals surface area (Å²) in [5.41, 5.74) is 5.56. The molecule has 0 saturated heterocycles. The first-order valence-corrected chi connectivity index (χ1v) is 5.70. The molecule has 5 N–H and O–H groups in total. The number of carbonyl (C=O) groups is 1. The van der Waals surface area contributed by atoms with E-state index in [2.05, 4.69) is 10.4 Å². The van der Waals surface area contributed by atoms with Gasteiger partial charge >= 0.3 is 0 Å². The van der Waals surface area contributed by atoms with E-state index in [4.69, 9.17) is 10.8 Å². The highest BCUT2D eigenvalue weighted by atomic mass is 16.3. The molecule has 0 radical (unpaired) electrons. The molecule has 1 aromatic carbocycles. The number of nitrogens with two attached hydrogens (primary N) is 1.